The summed E-state index contributed by atoms with van der Waals surface area (Å²) in [6.07, 6.45) is 4.36. The van der Waals surface area contributed by atoms with Gasteiger partial charge in [0.15, 0.2) is 5.82 Å². The van der Waals surface area contributed by atoms with E-state index in [1.54, 1.807) is 0 Å². The first-order valence-electron chi connectivity index (χ1n) is 9.45. The molecule has 3 rings (SSSR count). The summed E-state index contributed by atoms with van der Waals surface area (Å²) in [4.78, 5) is 24.2. The molecule has 2 unspecified atom stereocenters. The number of thioether (sulfide) groups is 1. The zero-order valence-electron chi connectivity index (χ0n) is 16.1. The number of nitrogen functional groups attached to an aromatic ring is 1. The van der Waals surface area contributed by atoms with Crippen molar-refractivity contribution in [3.05, 3.63) is 29.8 Å². The van der Waals surface area contributed by atoms with Crippen molar-refractivity contribution in [2.24, 2.45) is 5.92 Å². The standard InChI is InChI=1S/C19H26N6O2S/c1-12-7-3-5-9-14(12)17-23-24-19(25(17)20)28-11-16(26)22-18(27)21-15-10-6-4-8-13(15)2/h3,5,7,9,13,15H,4,6,8,10-11,20H2,1-2H3,(H2,21,22,26,27). The van der Waals surface area contributed by atoms with E-state index in [0.717, 1.165) is 42.2 Å². The molecule has 2 aromatic rings. The van der Waals surface area contributed by atoms with Crippen LogP contribution in [0.15, 0.2) is 29.4 Å². The van der Waals surface area contributed by atoms with Crippen LogP contribution < -0.4 is 16.5 Å². The van der Waals surface area contributed by atoms with Crippen LogP contribution in [0.2, 0.25) is 0 Å². The van der Waals surface area contributed by atoms with Gasteiger partial charge in [0.1, 0.15) is 0 Å². The Balaban J connectivity index is 1.52. The molecule has 1 aromatic heterocycles. The molecule has 150 valence electrons. The van der Waals surface area contributed by atoms with Crippen LogP contribution in [0, 0.1) is 12.8 Å². The second kappa shape index (κ2) is 9.09. The van der Waals surface area contributed by atoms with E-state index in [2.05, 4.69) is 27.8 Å². The van der Waals surface area contributed by atoms with Gasteiger partial charge in [0.05, 0.1) is 5.75 Å². The molecule has 1 saturated carbocycles. The summed E-state index contributed by atoms with van der Waals surface area (Å²) >= 11 is 1.14. The van der Waals surface area contributed by atoms with E-state index in [4.69, 9.17) is 5.84 Å². The summed E-state index contributed by atoms with van der Waals surface area (Å²) < 4.78 is 1.37. The number of carbonyl (C=O) groups is 2. The third-order valence-corrected chi connectivity index (χ3v) is 6.01. The van der Waals surface area contributed by atoms with Crippen molar-refractivity contribution in [2.45, 2.75) is 50.7 Å². The predicted molar refractivity (Wildman–Crippen MR) is 109 cm³/mol. The van der Waals surface area contributed by atoms with Crippen molar-refractivity contribution in [3.63, 3.8) is 0 Å². The van der Waals surface area contributed by atoms with Crippen LogP contribution in [0.25, 0.3) is 11.4 Å². The number of amides is 3. The minimum atomic E-state index is -0.445. The minimum Gasteiger partial charge on any atom is -0.335 e. The van der Waals surface area contributed by atoms with Crippen LogP contribution in [0.4, 0.5) is 4.79 Å². The Kier molecular flexibility index (Phi) is 6.56. The summed E-state index contributed by atoms with van der Waals surface area (Å²) in [7, 11) is 0. The molecule has 0 spiro atoms. The molecule has 0 saturated heterocycles. The number of nitrogens with two attached hydrogens (primary N) is 1. The van der Waals surface area contributed by atoms with E-state index in [1.807, 2.05) is 31.2 Å². The molecule has 9 heteroatoms. The molecular formula is C19H26N6O2S. The molecule has 1 aliphatic rings. The lowest BCUT2D eigenvalue weighted by molar-refractivity contribution is -0.117. The van der Waals surface area contributed by atoms with Crippen LogP contribution in [0.3, 0.4) is 0 Å². The maximum absolute atomic E-state index is 12.1. The summed E-state index contributed by atoms with van der Waals surface area (Å²) in [6, 6.07) is 7.41. The molecule has 1 heterocycles. The van der Waals surface area contributed by atoms with Crippen molar-refractivity contribution in [1.82, 2.24) is 25.5 Å². The molecular weight excluding hydrogens is 376 g/mol. The van der Waals surface area contributed by atoms with E-state index in [-0.39, 0.29) is 11.8 Å². The Hall–Kier alpha value is -2.55. The lowest BCUT2D eigenvalue weighted by Gasteiger charge is -2.29. The van der Waals surface area contributed by atoms with Gasteiger partial charge in [-0.1, -0.05) is 55.8 Å². The molecule has 8 nitrogen and oxygen atoms in total. The maximum Gasteiger partial charge on any atom is 0.321 e. The summed E-state index contributed by atoms with van der Waals surface area (Å²) in [6.45, 7) is 4.10. The van der Waals surface area contributed by atoms with Crippen LogP contribution >= 0.6 is 11.8 Å². The highest BCUT2D eigenvalue weighted by Gasteiger charge is 2.23. The van der Waals surface area contributed by atoms with Crippen molar-refractivity contribution in [1.29, 1.82) is 0 Å². The van der Waals surface area contributed by atoms with Crippen molar-refractivity contribution in [3.8, 4) is 11.4 Å². The van der Waals surface area contributed by atoms with E-state index >= 15 is 0 Å². The fraction of sp³-hybridized carbons (Fsp3) is 0.474. The molecule has 0 aliphatic heterocycles. The van der Waals surface area contributed by atoms with Crippen molar-refractivity contribution in [2.75, 3.05) is 11.6 Å². The molecule has 28 heavy (non-hydrogen) atoms. The summed E-state index contributed by atoms with van der Waals surface area (Å²) in [5.41, 5.74) is 1.92. The van der Waals surface area contributed by atoms with Gasteiger partial charge in [-0.3, -0.25) is 10.1 Å². The molecule has 0 bridgehead atoms. The van der Waals surface area contributed by atoms with Gasteiger partial charge in [0, 0.05) is 11.6 Å². The fourth-order valence-electron chi connectivity index (χ4n) is 3.41. The molecule has 1 aliphatic carbocycles. The monoisotopic (exact) mass is 402 g/mol. The van der Waals surface area contributed by atoms with Gasteiger partial charge in [-0.15, -0.1) is 10.2 Å². The smallest absolute Gasteiger partial charge is 0.321 e. The second-order valence-corrected chi connectivity index (χ2v) is 8.11. The highest BCUT2D eigenvalue weighted by molar-refractivity contribution is 7.99. The van der Waals surface area contributed by atoms with Gasteiger partial charge in [-0.2, -0.15) is 0 Å². The van der Waals surface area contributed by atoms with Gasteiger partial charge in [-0.25, -0.2) is 9.47 Å². The average molecular weight is 403 g/mol. The third kappa shape index (κ3) is 4.83. The largest absolute Gasteiger partial charge is 0.335 e. The first kappa shape index (κ1) is 20.2. The Morgan fingerprint density at radius 1 is 1.25 bits per heavy atom. The maximum atomic E-state index is 12.1. The number of imide groups is 1. The van der Waals surface area contributed by atoms with Gasteiger partial charge in [0.2, 0.25) is 11.1 Å². The zero-order valence-corrected chi connectivity index (χ0v) is 17.0. The second-order valence-electron chi connectivity index (χ2n) is 7.17. The summed E-state index contributed by atoms with van der Waals surface area (Å²) in [5, 5.41) is 13.9. The number of hydrogen-bond donors (Lipinski definition) is 3. The van der Waals surface area contributed by atoms with Gasteiger partial charge >= 0.3 is 6.03 Å². The normalized spacial score (nSPS) is 19.2. The molecule has 1 fully saturated rings. The van der Waals surface area contributed by atoms with E-state index in [1.165, 1.54) is 11.1 Å². The highest BCUT2D eigenvalue weighted by Crippen LogP contribution is 2.24. The van der Waals surface area contributed by atoms with E-state index in [9.17, 15) is 9.59 Å². The topological polar surface area (TPSA) is 115 Å². The first-order valence-corrected chi connectivity index (χ1v) is 10.4. The third-order valence-electron chi connectivity index (χ3n) is 5.06. The number of rotatable bonds is 5. The highest BCUT2D eigenvalue weighted by atomic mass is 32.2. The lowest BCUT2D eigenvalue weighted by atomic mass is 9.86. The Bertz CT molecular complexity index is 853. The SMILES string of the molecule is Cc1ccccc1-c1nnc(SCC(=O)NC(=O)NC2CCCCC2C)n1N. The van der Waals surface area contributed by atoms with Crippen molar-refractivity contribution >= 4 is 23.7 Å². The number of urea groups is 1. The lowest BCUT2D eigenvalue weighted by Crippen LogP contribution is -2.48. The minimum absolute atomic E-state index is 0.0245. The molecule has 0 radical (unpaired) electrons. The molecule has 4 N–H and O–H groups in total. The number of aryl methyl sites for hydroxylation is 1. The molecule has 2 atom stereocenters. The Labute approximate surface area is 168 Å². The zero-order chi connectivity index (χ0) is 20.1. The quantitative estimate of drug-likeness (QED) is 0.523. The van der Waals surface area contributed by atoms with Crippen LogP contribution in [-0.2, 0) is 4.79 Å². The predicted octanol–water partition coefficient (Wildman–Crippen LogP) is 2.46. The Morgan fingerprint density at radius 2 is 2.00 bits per heavy atom. The average Bonchev–Trinajstić information content (AvgIpc) is 3.03. The fourth-order valence-corrected chi connectivity index (χ4v) is 4.07. The number of nitrogens with one attached hydrogen (secondary N) is 2. The number of aromatic nitrogens is 3. The van der Waals surface area contributed by atoms with E-state index < -0.39 is 11.9 Å². The van der Waals surface area contributed by atoms with Crippen LogP contribution in [0.5, 0.6) is 0 Å². The first-order chi connectivity index (χ1) is 13.5. The van der Waals surface area contributed by atoms with Gasteiger partial charge in [0.25, 0.3) is 0 Å². The molecule has 1 aromatic carbocycles. The number of carbonyl (C=O) groups excluding carboxylic acids is 2. The van der Waals surface area contributed by atoms with Gasteiger partial charge < -0.3 is 11.2 Å². The van der Waals surface area contributed by atoms with Crippen LogP contribution in [-0.4, -0.2) is 38.6 Å². The number of benzene rings is 1. The Morgan fingerprint density at radius 3 is 2.75 bits per heavy atom. The van der Waals surface area contributed by atoms with Crippen LogP contribution in [0.1, 0.15) is 38.2 Å². The van der Waals surface area contributed by atoms with Gasteiger partial charge in [-0.05, 0) is 31.2 Å². The van der Waals surface area contributed by atoms with Crippen molar-refractivity contribution < 1.29 is 9.59 Å². The number of hydrogen-bond acceptors (Lipinski definition) is 6. The number of nitrogens with zero attached hydrogens (tertiary/aromatic N) is 3. The van der Waals surface area contributed by atoms with E-state index in [0.29, 0.717) is 16.9 Å². The summed E-state index contributed by atoms with van der Waals surface area (Å²) in [5.74, 6) is 6.68. The molecule has 3 amide bonds.